The SMILES string of the molecule is Cc1ccc(C(C)C)c(OCc2nnc(SCC(=O)N(Cc3ccccc3)C(C)(C)C)n2N)c1. The predicted octanol–water partition coefficient (Wildman–Crippen LogP) is 4.92. The van der Waals surface area contributed by atoms with Gasteiger partial charge in [-0.25, -0.2) is 4.68 Å². The predicted molar refractivity (Wildman–Crippen MR) is 137 cm³/mol. The normalized spacial score (nSPS) is 11.6. The van der Waals surface area contributed by atoms with Crippen molar-refractivity contribution in [2.24, 2.45) is 0 Å². The maximum absolute atomic E-state index is 13.1. The van der Waals surface area contributed by atoms with E-state index in [4.69, 9.17) is 10.6 Å². The largest absolute Gasteiger partial charge is 0.485 e. The number of carbonyl (C=O) groups is 1. The summed E-state index contributed by atoms with van der Waals surface area (Å²) in [6, 6.07) is 16.2. The van der Waals surface area contributed by atoms with E-state index in [1.54, 1.807) is 0 Å². The van der Waals surface area contributed by atoms with E-state index >= 15 is 0 Å². The Balaban J connectivity index is 1.65. The molecule has 0 saturated heterocycles. The molecular formula is C26H35N5O2S. The van der Waals surface area contributed by atoms with E-state index in [0.717, 1.165) is 22.4 Å². The van der Waals surface area contributed by atoms with Crippen LogP contribution in [0, 0.1) is 6.92 Å². The molecule has 7 nitrogen and oxygen atoms in total. The van der Waals surface area contributed by atoms with Crippen molar-refractivity contribution < 1.29 is 9.53 Å². The van der Waals surface area contributed by atoms with E-state index in [-0.39, 0.29) is 23.8 Å². The standard InChI is InChI=1S/C26H35N5O2S/c1-18(2)21-13-12-19(3)14-22(21)33-16-23-28-29-25(31(23)27)34-17-24(32)30(26(4,5)6)15-20-10-8-7-9-11-20/h7-14,18H,15-17,27H2,1-6H3. The Labute approximate surface area is 206 Å². The number of rotatable bonds is 9. The van der Waals surface area contributed by atoms with Crippen LogP contribution in [0.3, 0.4) is 0 Å². The van der Waals surface area contributed by atoms with Gasteiger partial charge < -0.3 is 15.5 Å². The number of carbonyl (C=O) groups excluding carboxylic acids is 1. The molecule has 8 heteroatoms. The van der Waals surface area contributed by atoms with E-state index < -0.39 is 0 Å². The van der Waals surface area contributed by atoms with E-state index in [1.165, 1.54) is 16.4 Å². The monoisotopic (exact) mass is 481 g/mol. The summed E-state index contributed by atoms with van der Waals surface area (Å²) >= 11 is 1.28. The molecule has 0 fully saturated rings. The fourth-order valence-corrected chi connectivity index (χ4v) is 4.31. The summed E-state index contributed by atoms with van der Waals surface area (Å²) in [6.07, 6.45) is 0. The summed E-state index contributed by atoms with van der Waals surface area (Å²) in [4.78, 5) is 15.0. The third-order valence-electron chi connectivity index (χ3n) is 5.50. The van der Waals surface area contributed by atoms with Crippen molar-refractivity contribution in [1.29, 1.82) is 0 Å². The molecule has 0 aliphatic carbocycles. The molecule has 1 aromatic heterocycles. The summed E-state index contributed by atoms with van der Waals surface area (Å²) in [7, 11) is 0. The van der Waals surface area contributed by atoms with Crippen LogP contribution in [0.25, 0.3) is 0 Å². The van der Waals surface area contributed by atoms with Gasteiger partial charge in [0.15, 0.2) is 5.82 Å². The van der Waals surface area contributed by atoms with Crippen LogP contribution in [-0.2, 0) is 17.9 Å². The molecule has 2 N–H and O–H groups in total. The number of benzene rings is 2. The van der Waals surface area contributed by atoms with Crippen LogP contribution in [0.5, 0.6) is 5.75 Å². The van der Waals surface area contributed by atoms with Gasteiger partial charge >= 0.3 is 0 Å². The number of nitrogens with zero attached hydrogens (tertiary/aromatic N) is 4. The second-order valence-electron chi connectivity index (χ2n) is 9.68. The molecule has 2 aromatic carbocycles. The topological polar surface area (TPSA) is 86.3 Å². The minimum atomic E-state index is -0.315. The zero-order valence-electron chi connectivity index (χ0n) is 20.9. The lowest BCUT2D eigenvalue weighted by atomic mass is 10.0. The molecule has 0 spiro atoms. The van der Waals surface area contributed by atoms with Crippen molar-refractivity contribution in [2.45, 2.75) is 71.3 Å². The van der Waals surface area contributed by atoms with Gasteiger partial charge in [0.05, 0.1) is 5.75 Å². The van der Waals surface area contributed by atoms with Crippen molar-refractivity contribution >= 4 is 17.7 Å². The Morgan fingerprint density at radius 1 is 1.15 bits per heavy atom. The molecular weight excluding hydrogens is 446 g/mol. The highest BCUT2D eigenvalue weighted by molar-refractivity contribution is 7.99. The minimum absolute atomic E-state index is 0.0171. The van der Waals surface area contributed by atoms with Gasteiger partial charge in [-0.05, 0) is 56.4 Å². The van der Waals surface area contributed by atoms with Gasteiger partial charge in [0.1, 0.15) is 12.4 Å². The lowest BCUT2D eigenvalue weighted by Crippen LogP contribution is -2.46. The van der Waals surface area contributed by atoms with Crippen LogP contribution in [0.1, 0.15) is 63.1 Å². The zero-order valence-corrected chi connectivity index (χ0v) is 21.7. The lowest BCUT2D eigenvalue weighted by molar-refractivity contribution is -0.133. The van der Waals surface area contributed by atoms with Gasteiger partial charge in [0.2, 0.25) is 11.1 Å². The summed E-state index contributed by atoms with van der Waals surface area (Å²) < 4.78 is 7.45. The molecule has 0 aliphatic heterocycles. The molecule has 0 atom stereocenters. The first kappa shape index (κ1) is 25.6. The highest BCUT2D eigenvalue weighted by Crippen LogP contribution is 2.28. The number of hydrogen-bond acceptors (Lipinski definition) is 6. The van der Waals surface area contributed by atoms with Gasteiger partial charge in [-0.2, -0.15) is 0 Å². The zero-order chi connectivity index (χ0) is 24.9. The van der Waals surface area contributed by atoms with Crippen molar-refractivity contribution in [2.75, 3.05) is 11.6 Å². The first-order chi connectivity index (χ1) is 16.1. The quantitative estimate of drug-likeness (QED) is 0.345. The Bertz CT molecular complexity index is 1110. The highest BCUT2D eigenvalue weighted by atomic mass is 32.2. The van der Waals surface area contributed by atoms with Crippen LogP contribution in [-0.4, -0.2) is 37.0 Å². The molecule has 34 heavy (non-hydrogen) atoms. The van der Waals surface area contributed by atoms with Gasteiger partial charge in [0.25, 0.3) is 0 Å². The molecule has 0 unspecified atom stereocenters. The van der Waals surface area contributed by atoms with E-state index in [1.807, 2.05) is 69.0 Å². The third-order valence-corrected chi connectivity index (χ3v) is 6.43. The summed E-state index contributed by atoms with van der Waals surface area (Å²) in [6.45, 7) is 13.2. The van der Waals surface area contributed by atoms with Crippen molar-refractivity contribution in [3.8, 4) is 5.75 Å². The number of aromatic nitrogens is 3. The molecule has 182 valence electrons. The Morgan fingerprint density at radius 2 is 1.85 bits per heavy atom. The van der Waals surface area contributed by atoms with Gasteiger partial charge in [-0.15, -0.1) is 10.2 Å². The lowest BCUT2D eigenvalue weighted by Gasteiger charge is -2.36. The minimum Gasteiger partial charge on any atom is -0.485 e. The molecule has 1 amide bonds. The summed E-state index contributed by atoms with van der Waals surface area (Å²) in [5, 5.41) is 8.85. The van der Waals surface area contributed by atoms with Crippen molar-refractivity contribution in [3.63, 3.8) is 0 Å². The van der Waals surface area contributed by atoms with Crippen LogP contribution in [0.15, 0.2) is 53.7 Å². The fourth-order valence-electron chi connectivity index (χ4n) is 3.56. The van der Waals surface area contributed by atoms with Crippen LogP contribution in [0.4, 0.5) is 0 Å². The van der Waals surface area contributed by atoms with E-state index in [0.29, 0.717) is 23.4 Å². The molecule has 0 aliphatic rings. The maximum atomic E-state index is 13.1. The highest BCUT2D eigenvalue weighted by Gasteiger charge is 2.27. The first-order valence-electron chi connectivity index (χ1n) is 11.5. The van der Waals surface area contributed by atoms with Crippen molar-refractivity contribution in [1.82, 2.24) is 19.8 Å². The van der Waals surface area contributed by atoms with Gasteiger partial charge in [-0.1, -0.05) is 68.1 Å². The maximum Gasteiger partial charge on any atom is 0.233 e. The number of nitrogen functional groups attached to an aromatic ring is 1. The van der Waals surface area contributed by atoms with Crippen LogP contribution >= 0.6 is 11.8 Å². The van der Waals surface area contributed by atoms with E-state index in [2.05, 4.69) is 36.2 Å². The second kappa shape index (κ2) is 11.0. The molecule has 1 heterocycles. The summed E-state index contributed by atoms with van der Waals surface area (Å²) in [5.74, 6) is 8.13. The average molecular weight is 482 g/mol. The summed E-state index contributed by atoms with van der Waals surface area (Å²) in [5.41, 5.74) is 3.04. The Kier molecular flexibility index (Phi) is 8.25. The molecule has 3 aromatic rings. The molecule has 0 radical (unpaired) electrons. The van der Waals surface area contributed by atoms with Crippen molar-refractivity contribution in [3.05, 3.63) is 71.0 Å². The van der Waals surface area contributed by atoms with Gasteiger partial charge in [-0.3, -0.25) is 4.79 Å². The first-order valence-corrected chi connectivity index (χ1v) is 12.4. The van der Waals surface area contributed by atoms with Crippen LogP contribution in [0.2, 0.25) is 0 Å². The number of aryl methyl sites for hydroxylation is 1. The number of nitrogens with two attached hydrogens (primary N) is 1. The molecule has 0 saturated carbocycles. The Hall–Kier alpha value is -3.00. The van der Waals surface area contributed by atoms with Gasteiger partial charge in [0, 0.05) is 12.1 Å². The smallest absolute Gasteiger partial charge is 0.233 e. The number of ether oxygens (including phenoxy) is 1. The van der Waals surface area contributed by atoms with E-state index in [9.17, 15) is 4.79 Å². The molecule has 3 rings (SSSR count). The van der Waals surface area contributed by atoms with Crippen LogP contribution < -0.4 is 10.6 Å². The molecule has 0 bridgehead atoms. The number of amides is 1. The number of hydrogen-bond donors (Lipinski definition) is 1. The third kappa shape index (κ3) is 6.53. The Morgan fingerprint density at radius 3 is 2.50 bits per heavy atom. The second-order valence-corrected chi connectivity index (χ2v) is 10.6. The average Bonchev–Trinajstić information content (AvgIpc) is 3.13. The fraction of sp³-hybridized carbons (Fsp3) is 0.423. The number of thioether (sulfide) groups is 1.